The number of thioether (sulfide) groups is 1. The van der Waals surface area contributed by atoms with E-state index in [2.05, 4.69) is 62.7 Å². The molecule has 0 amide bonds. The molecule has 2 rings (SSSR count). The number of nitrogens with one attached hydrogen (secondary N) is 1. The van der Waals surface area contributed by atoms with Crippen LogP contribution in [0, 0.1) is 6.92 Å². The van der Waals surface area contributed by atoms with Gasteiger partial charge in [0.1, 0.15) is 0 Å². The lowest BCUT2D eigenvalue weighted by atomic mass is 10.2. The molecule has 0 spiro atoms. The van der Waals surface area contributed by atoms with Crippen molar-refractivity contribution in [2.24, 2.45) is 7.05 Å². The van der Waals surface area contributed by atoms with Gasteiger partial charge in [-0.05, 0) is 41.5 Å². The molecule has 1 heterocycles. The smallest absolute Gasteiger partial charge is 0.153 e. The lowest BCUT2D eigenvalue weighted by Crippen LogP contribution is -2.22. The summed E-state index contributed by atoms with van der Waals surface area (Å²) >= 11 is 5.30. The molecule has 102 valence electrons. The van der Waals surface area contributed by atoms with Crippen molar-refractivity contribution in [3.05, 3.63) is 40.1 Å². The van der Waals surface area contributed by atoms with Crippen LogP contribution in [0.5, 0.6) is 0 Å². The average molecular weight is 341 g/mol. The highest BCUT2D eigenvalue weighted by atomic mass is 79.9. The van der Waals surface area contributed by atoms with E-state index < -0.39 is 0 Å². The molecule has 0 saturated carbocycles. The van der Waals surface area contributed by atoms with Gasteiger partial charge in [-0.25, -0.2) is 4.68 Å². The fraction of sp³-hybridized carbons (Fsp3) is 0.385. The van der Waals surface area contributed by atoms with Crippen LogP contribution in [0.1, 0.15) is 17.3 Å². The third kappa shape index (κ3) is 3.38. The second kappa shape index (κ2) is 6.54. The van der Waals surface area contributed by atoms with Crippen LogP contribution < -0.4 is 5.32 Å². The first-order valence-corrected chi connectivity index (χ1v) is 7.82. The summed E-state index contributed by atoms with van der Waals surface area (Å²) < 4.78 is 2.61. The Morgan fingerprint density at radius 3 is 2.74 bits per heavy atom. The van der Waals surface area contributed by atoms with Gasteiger partial charge in [-0.2, -0.15) is 0 Å². The molecule has 1 unspecified atom stereocenters. The highest BCUT2D eigenvalue weighted by Gasteiger charge is 2.19. The van der Waals surface area contributed by atoms with Crippen LogP contribution in [0.2, 0.25) is 0 Å². The Hall–Kier alpha value is -0.850. The first kappa shape index (κ1) is 14.6. The molecule has 19 heavy (non-hydrogen) atoms. The number of rotatable bonds is 5. The largest absolute Gasteiger partial charge is 0.311 e. The van der Waals surface area contributed by atoms with Gasteiger partial charge in [-0.15, -0.1) is 16.9 Å². The summed E-state index contributed by atoms with van der Waals surface area (Å²) in [5.74, 6) is 0.932. The predicted molar refractivity (Wildman–Crippen MR) is 82.4 cm³/mol. The number of halogens is 1. The Kier molecular flexibility index (Phi) is 5.01. The topological polar surface area (TPSA) is 42.7 Å². The van der Waals surface area contributed by atoms with Crippen LogP contribution in [0.15, 0.2) is 33.8 Å². The van der Waals surface area contributed by atoms with Gasteiger partial charge in [-0.1, -0.05) is 23.4 Å². The third-order valence-electron chi connectivity index (χ3n) is 3.00. The molecule has 1 N–H and O–H groups in total. The van der Waals surface area contributed by atoms with Crippen LogP contribution in [0.4, 0.5) is 0 Å². The molecule has 6 heteroatoms. The molecule has 0 bridgehead atoms. The van der Waals surface area contributed by atoms with Crippen molar-refractivity contribution >= 4 is 27.7 Å². The van der Waals surface area contributed by atoms with E-state index >= 15 is 0 Å². The Labute approximate surface area is 126 Å². The van der Waals surface area contributed by atoms with E-state index in [0.717, 1.165) is 16.0 Å². The van der Waals surface area contributed by atoms with Crippen LogP contribution in [0.3, 0.4) is 0 Å². The second-order valence-corrected chi connectivity index (χ2v) is 6.12. The van der Waals surface area contributed by atoms with Gasteiger partial charge in [0.2, 0.25) is 0 Å². The Bertz CT molecular complexity index is 536. The van der Waals surface area contributed by atoms with Gasteiger partial charge in [0, 0.05) is 17.7 Å². The van der Waals surface area contributed by atoms with Crippen LogP contribution >= 0.6 is 27.7 Å². The minimum Gasteiger partial charge on any atom is -0.311 e. The number of aryl methyl sites for hydroxylation is 2. The minimum absolute atomic E-state index is 0.207. The van der Waals surface area contributed by atoms with Gasteiger partial charge in [-0.3, -0.25) is 0 Å². The maximum Gasteiger partial charge on any atom is 0.153 e. The molecule has 4 nitrogen and oxygen atoms in total. The maximum absolute atomic E-state index is 4.04. The Morgan fingerprint density at radius 2 is 2.16 bits per heavy atom. The van der Waals surface area contributed by atoms with Crippen LogP contribution in [0.25, 0.3) is 0 Å². The maximum atomic E-state index is 4.04. The van der Waals surface area contributed by atoms with Crippen molar-refractivity contribution in [1.82, 2.24) is 20.3 Å². The quantitative estimate of drug-likeness (QED) is 0.849. The molecule has 1 aromatic heterocycles. The molecule has 2 aromatic rings. The van der Waals surface area contributed by atoms with Crippen LogP contribution in [-0.2, 0) is 7.05 Å². The van der Waals surface area contributed by atoms with Crippen molar-refractivity contribution in [3.8, 4) is 0 Å². The zero-order chi connectivity index (χ0) is 13.8. The first-order valence-electron chi connectivity index (χ1n) is 6.04. The van der Waals surface area contributed by atoms with Gasteiger partial charge < -0.3 is 5.32 Å². The number of hydrogen-bond donors (Lipinski definition) is 1. The lowest BCUT2D eigenvalue weighted by Gasteiger charge is -2.16. The summed E-state index contributed by atoms with van der Waals surface area (Å²) in [6.07, 6.45) is 0. The number of hydrogen-bond acceptors (Lipinski definition) is 4. The summed E-state index contributed by atoms with van der Waals surface area (Å²) in [6.45, 7) is 2.14. The molecule has 0 aliphatic heterocycles. The molecule has 0 aliphatic carbocycles. The normalized spacial score (nSPS) is 12.6. The molecule has 1 atom stereocenters. The Morgan fingerprint density at radius 1 is 1.42 bits per heavy atom. The van der Waals surface area contributed by atoms with Crippen molar-refractivity contribution in [2.45, 2.75) is 17.9 Å². The minimum atomic E-state index is 0.207. The van der Waals surface area contributed by atoms with Gasteiger partial charge >= 0.3 is 0 Å². The van der Waals surface area contributed by atoms with E-state index in [0.29, 0.717) is 0 Å². The highest BCUT2D eigenvalue weighted by Crippen LogP contribution is 2.29. The summed E-state index contributed by atoms with van der Waals surface area (Å²) in [5.41, 5.74) is 2.38. The molecule has 0 aliphatic rings. The lowest BCUT2D eigenvalue weighted by molar-refractivity contribution is 0.578. The summed E-state index contributed by atoms with van der Waals surface area (Å²) in [4.78, 5) is 1.31. The van der Waals surface area contributed by atoms with E-state index in [9.17, 15) is 0 Å². The van der Waals surface area contributed by atoms with Crippen LogP contribution in [-0.4, -0.2) is 27.8 Å². The molecular formula is C13H17BrN4S. The van der Waals surface area contributed by atoms with E-state index in [1.165, 1.54) is 10.5 Å². The molecule has 1 aromatic carbocycles. The van der Waals surface area contributed by atoms with E-state index in [1.54, 1.807) is 0 Å². The van der Waals surface area contributed by atoms with Gasteiger partial charge in [0.05, 0.1) is 11.7 Å². The Balaban J connectivity index is 2.11. The van der Waals surface area contributed by atoms with Crippen molar-refractivity contribution in [1.29, 1.82) is 0 Å². The number of nitrogens with zero attached hydrogens (tertiary/aromatic N) is 3. The molecule has 0 radical (unpaired) electrons. The average Bonchev–Trinajstić information content (AvgIpc) is 2.73. The number of benzene rings is 1. The highest BCUT2D eigenvalue weighted by molar-refractivity contribution is 9.10. The van der Waals surface area contributed by atoms with E-state index in [1.807, 2.05) is 30.5 Å². The van der Waals surface area contributed by atoms with Crippen molar-refractivity contribution in [3.63, 3.8) is 0 Å². The standard InChI is InChI=1S/C13H17BrN4S/c1-9-6-4-5-7-11(9)19-8-10(15-2)12-13(14)16-17-18(12)3/h4-7,10,15H,8H2,1-3H3. The SMILES string of the molecule is CNC(CSc1ccccc1C)c1c(Br)nnn1C. The predicted octanol–water partition coefficient (Wildman–Crippen LogP) is 2.94. The zero-order valence-corrected chi connectivity index (χ0v) is 13.6. The first-order chi connectivity index (χ1) is 9.13. The van der Waals surface area contributed by atoms with Gasteiger partial charge in [0.15, 0.2) is 4.60 Å². The molecular weight excluding hydrogens is 324 g/mol. The molecule has 0 saturated heterocycles. The number of aromatic nitrogens is 3. The summed E-state index contributed by atoms with van der Waals surface area (Å²) in [7, 11) is 3.87. The second-order valence-electron chi connectivity index (χ2n) is 4.31. The fourth-order valence-corrected chi connectivity index (χ4v) is 3.64. The molecule has 0 fully saturated rings. The van der Waals surface area contributed by atoms with Crippen molar-refractivity contribution in [2.75, 3.05) is 12.8 Å². The third-order valence-corrected chi connectivity index (χ3v) is 4.84. The zero-order valence-electron chi connectivity index (χ0n) is 11.2. The summed E-state index contributed by atoms with van der Waals surface area (Å²) in [6, 6.07) is 8.64. The monoisotopic (exact) mass is 340 g/mol. The van der Waals surface area contributed by atoms with Crippen molar-refractivity contribution < 1.29 is 0 Å². The van der Waals surface area contributed by atoms with Gasteiger partial charge in [0.25, 0.3) is 0 Å². The fourth-order valence-electron chi connectivity index (χ4n) is 1.90. The van der Waals surface area contributed by atoms with E-state index in [4.69, 9.17) is 0 Å². The van der Waals surface area contributed by atoms with E-state index in [-0.39, 0.29) is 6.04 Å². The summed E-state index contributed by atoms with van der Waals surface area (Å²) in [5, 5.41) is 11.4.